The predicted octanol–water partition coefficient (Wildman–Crippen LogP) is 6.34. The number of cyclic esters (lactones) is 1. The minimum absolute atomic E-state index is 0.0205. The quantitative estimate of drug-likeness (QED) is 0.124. The average Bonchev–Trinajstić information content (AvgIpc) is 3.28. The Morgan fingerprint density at radius 1 is 0.723 bits per heavy atom. The Morgan fingerprint density at radius 3 is 1.88 bits per heavy atom. The number of nitriles is 1. The number of likely N-dealkylation sites (N-methyl/N-ethyl adjacent to an activating group) is 3. The van der Waals surface area contributed by atoms with Crippen molar-refractivity contribution in [2.75, 3.05) is 21.1 Å². The maximum Gasteiger partial charge on any atom is 0.329 e. The molecular formula is C50H83N7O8. The summed E-state index contributed by atoms with van der Waals surface area (Å²) < 4.78 is 5.82. The summed E-state index contributed by atoms with van der Waals surface area (Å²) in [5, 5.41) is 18.4. The molecule has 6 amide bonds. The van der Waals surface area contributed by atoms with Crippen molar-refractivity contribution >= 4 is 41.4 Å². The second-order valence-corrected chi connectivity index (χ2v) is 20.2. The first-order valence-electron chi connectivity index (χ1n) is 24.8. The number of rotatable bonds is 15. The Balaban J connectivity index is 2.23. The van der Waals surface area contributed by atoms with Crippen LogP contribution in [0, 0.1) is 35.0 Å². The minimum atomic E-state index is -1.47. The van der Waals surface area contributed by atoms with Gasteiger partial charge in [-0.3, -0.25) is 28.8 Å². The lowest BCUT2D eigenvalue weighted by atomic mass is 9.84. The molecule has 0 aromatic heterocycles. The number of amides is 6. The Morgan fingerprint density at radius 2 is 1.29 bits per heavy atom. The van der Waals surface area contributed by atoms with E-state index in [0.29, 0.717) is 6.42 Å². The molecule has 3 aliphatic rings. The normalized spacial score (nSPS) is 27.4. The number of hydrogen-bond donors (Lipinski definition) is 3. The van der Waals surface area contributed by atoms with Gasteiger partial charge in [-0.15, -0.1) is 0 Å². The summed E-state index contributed by atoms with van der Waals surface area (Å²) in [6.07, 6.45) is 12.7. The van der Waals surface area contributed by atoms with Gasteiger partial charge in [0, 0.05) is 34.0 Å². The number of allylic oxidation sites excluding steroid dienone is 1. The largest absolute Gasteiger partial charge is 0.451 e. The number of carbonyl (C=O) groups excluding carboxylic acids is 7. The predicted molar refractivity (Wildman–Crippen MR) is 250 cm³/mol. The topological polar surface area (TPSA) is 198 Å². The molecule has 0 unspecified atom stereocenters. The molecule has 15 nitrogen and oxygen atoms in total. The zero-order chi connectivity index (χ0) is 48.4. The fraction of sp³-hybridized carbons (Fsp3) is 0.800. The molecule has 1 aliphatic heterocycles. The van der Waals surface area contributed by atoms with E-state index in [1.54, 1.807) is 7.05 Å². The van der Waals surface area contributed by atoms with Crippen LogP contribution in [0.1, 0.15) is 170 Å². The molecule has 0 aromatic rings. The molecule has 1 saturated carbocycles. The minimum Gasteiger partial charge on any atom is -0.451 e. The van der Waals surface area contributed by atoms with E-state index >= 15 is 0 Å². The van der Waals surface area contributed by atoms with Gasteiger partial charge in [-0.1, -0.05) is 105 Å². The third-order valence-electron chi connectivity index (χ3n) is 13.6. The molecule has 3 N–H and O–H groups in total. The van der Waals surface area contributed by atoms with Crippen LogP contribution in [0.5, 0.6) is 0 Å². The fourth-order valence-corrected chi connectivity index (χ4v) is 9.48. The van der Waals surface area contributed by atoms with Gasteiger partial charge < -0.3 is 35.4 Å². The van der Waals surface area contributed by atoms with Gasteiger partial charge in [0.25, 0.3) is 5.91 Å². The Kier molecular flexibility index (Phi) is 23.0. The van der Waals surface area contributed by atoms with Crippen LogP contribution in [0.4, 0.5) is 0 Å². The summed E-state index contributed by atoms with van der Waals surface area (Å²) in [6.45, 7) is 13.4. The van der Waals surface area contributed by atoms with Crippen molar-refractivity contribution in [3.8, 4) is 6.07 Å². The highest BCUT2D eigenvalue weighted by atomic mass is 16.5. The first kappa shape index (κ1) is 54.9. The van der Waals surface area contributed by atoms with Crippen molar-refractivity contribution in [2.45, 2.75) is 213 Å². The van der Waals surface area contributed by atoms with Crippen LogP contribution in [-0.4, -0.2) is 120 Å². The highest BCUT2D eigenvalue weighted by Crippen LogP contribution is 2.30. The highest BCUT2D eigenvalue weighted by Gasteiger charge is 2.41. The molecule has 8 atom stereocenters. The Bertz CT molecular complexity index is 1690. The average molecular weight is 910 g/mol. The first-order chi connectivity index (χ1) is 30.8. The molecule has 0 radical (unpaired) electrons. The van der Waals surface area contributed by atoms with Crippen LogP contribution in [0.3, 0.4) is 0 Å². The molecule has 3 rings (SSSR count). The van der Waals surface area contributed by atoms with Gasteiger partial charge in [0.2, 0.25) is 29.5 Å². The van der Waals surface area contributed by atoms with Crippen LogP contribution >= 0.6 is 0 Å². The highest BCUT2D eigenvalue weighted by molar-refractivity contribution is 5.97. The molecule has 0 bridgehead atoms. The fourth-order valence-electron chi connectivity index (χ4n) is 9.48. The van der Waals surface area contributed by atoms with Gasteiger partial charge in [-0.25, -0.2) is 4.79 Å². The smallest absolute Gasteiger partial charge is 0.329 e. The molecular weight excluding hydrogens is 827 g/mol. The van der Waals surface area contributed by atoms with Crippen molar-refractivity contribution in [2.24, 2.45) is 23.7 Å². The molecule has 0 aromatic carbocycles. The van der Waals surface area contributed by atoms with Gasteiger partial charge in [-0.2, -0.15) is 5.26 Å². The van der Waals surface area contributed by atoms with E-state index in [9.17, 15) is 38.8 Å². The van der Waals surface area contributed by atoms with Crippen LogP contribution in [-0.2, 0) is 38.3 Å². The molecule has 0 spiro atoms. The number of carbonyl (C=O) groups is 7. The first-order valence-corrected chi connectivity index (χ1v) is 24.8. The van der Waals surface area contributed by atoms with E-state index in [1.807, 2.05) is 40.7 Å². The van der Waals surface area contributed by atoms with Crippen LogP contribution in [0.15, 0.2) is 11.6 Å². The lowest BCUT2D eigenvalue weighted by Crippen LogP contribution is -2.60. The third-order valence-corrected chi connectivity index (χ3v) is 13.6. The lowest BCUT2D eigenvalue weighted by molar-refractivity contribution is -0.163. The van der Waals surface area contributed by atoms with Crippen molar-refractivity contribution in [1.82, 2.24) is 30.7 Å². The lowest BCUT2D eigenvalue weighted by Gasteiger charge is -2.37. The van der Waals surface area contributed by atoms with E-state index in [0.717, 1.165) is 82.6 Å². The monoisotopic (exact) mass is 910 g/mol. The van der Waals surface area contributed by atoms with E-state index in [2.05, 4.69) is 29.0 Å². The van der Waals surface area contributed by atoms with Gasteiger partial charge in [-0.05, 0) is 88.4 Å². The van der Waals surface area contributed by atoms with Crippen molar-refractivity contribution in [3.63, 3.8) is 0 Å². The number of ether oxygens (including phenoxy) is 1. The molecule has 65 heavy (non-hydrogen) atoms. The van der Waals surface area contributed by atoms with Gasteiger partial charge in [0.05, 0.1) is 6.07 Å². The van der Waals surface area contributed by atoms with E-state index < -0.39 is 83.8 Å². The summed E-state index contributed by atoms with van der Waals surface area (Å²) in [5.74, 6) is -4.12. The van der Waals surface area contributed by atoms with E-state index in [-0.39, 0.29) is 62.2 Å². The number of esters is 1. The van der Waals surface area contributed by atoms with Gasteiger partial charge in [0.15, 0.2) is 6.10 Å². The summed E-state index contributed by atoms with van der Waals surface area (Å²) in [6, 6.07) is -4.44. The molecule has 15 heteroatoms. The molecule has 2 aliphatic carbocycles. The maximum absolute atomic E-state index is 14.9. The summed E-state index contributed by atoms with van der Waals surface area (Å²) >= 11 is 0. The molecule has 366 valence electrons. The van der Waals surface area contributed by atoms with Crippen LogP contribution in [0.2, 0.25) is 0 Å². The third kappa shape index (κ3) is 17.0. The zero-order valence-corrected chi connectivity index (χ0v) is 41.4. The van der Waals surface area contributed by atoms with Crippen molar-refractivity contribution in [3.05, 3.63) is 11.6 Å². The summed E-state index contributed by atoms with van der Waals surface area (Å²) in [4.78, 5) is 106. The SMILES string of the molecule is CCCC[C@@H](C)C[C@@H]1NC(=O)[C@H](CC2CCCCC2)N(C)C(=O)[C@H](CC(C)C)NC(=O)[C@H](CC(C)C)N(C)C(=O)[C@H](CC2=CCCCC2)NC(=O)[C@@H](CCC#N)OC(=O)[C@H](C)N(C)C1=O. The second kappa shape index (κ2) is 27.2. The van der Waals surface area contributed by atoms with Crippen LogP contribution < -0.4 is 16.0 Å². The second-order valence-electron chi connectivity index (χ2n) is 20.2. The summed E-state index contributed by atoms with van der Waals surface area (Å²) in [7, 11) is 4.57. The Labute approximate surface area is 389 Å². The number of nitrogens with one attached hydrogen (secondary N) is 3. The van der Waals surface area contributed by atoms with Gasteiger partial charge in [0.1, 0.15) is 36.3 Å². The molecule has 1 saturated heterocycles. The Hall–Kier alpha value is -4.48. The van der Waals surface area contributed by atoms with Gasteiger partial charge >= 0.3 is 5.97 Å². The molecule has 1 heterocycles. The number of nitrogens with zero attached hydrogens (tertiary/aromatic N) is 4. The number of hydrogen-bond acceptors (Lipinski definition) is 9. The van der Waals surface area contributed by atoms with Crippen LogP contribution in [0.25, 0.3) is 0 Å². The van der Waals surface area contributed by atoms with E-state index in [1.165, 1.54) is 35.7 Å². The standard InChI is InChI=1S/C50H83N7O8/c1-11-12-20-34(6)29-39-47(61)55(8)35(7)50(64)65-43(25-19-26-51)46(60)54-40(30-36-21-15-13-16-22-36)49(63)56(9)41(28-33(4)5)44(58)52-38(27-32(2)3)48(62)57(10)42(45(59)53-39)31-37-23-17-14-18-24-37/h21,32-35,37-43H,11-20,22-25,27-31H2,1-10H3,(H,52,58)(H,53,59)(H,54,60)/t34-,35+,38+,39+,40+,41+,42+,43-/m1/s1. The number of unbranched alkanes of at least 4 members (excludes halogenated alkanes) is 1. The van der Waals surface area contributed by atoms with E-state index in [4.69, 9.17) is 4.74 Å². The zero-order valence-electron chi connectivity index (χ0n) is 41.4. The van der Waals surface area contributed by atoms with Crippen molar-refractivity contribution < 1.29 is 38.3 Å². The van der Waals surface area contributed by atoms with Crippen molar-refractivity contribution in [1.29, 1.82) is 5.26 Å². The molecule has 2 fully saturated rings. The maximum atomic E-state index is 14.9. The summed E-state index contributed by atoms with van der Waals surface area (Å²) in [5.41, 5.74) is 0.980.